The number of rotatable bonds is 1. The summed E-state index contributed by atoms with van der Waals surface area (Å²) in [5.41, 5.74) is 3.74. The summed E-state index contributed by atoms with van der Waals surface area (Å²) in [6.45, 7) is 8.18. The van der Waals surface area contributed by atoms with Crippen LogP contribution in [0.5, 0.6) is 0 Å². The van der Waals surface area contributed by atoms with Crippen molar-refractivity contribution >= 4 is 6.72 Å². The zero-order chi connectivity index (χ0) is 10.8. The molecule has 0 radical (unpaired) electrons. The van der Waals surface area contributed by atoms with Gasteiger partial charge in [0.1, 0.15) is 12.2 Å². The highest BCUT2D eigenvalue weighted by Gasteiger charge is 2.14. The maximum Gasteiger partial charge on any atom is 0.147 e. The van der Waals surface area contributed by atoms with Crippen molar-refractivity contribution in [3.05, 3.63) is 65.4 Å². The fraction of sp³-hybridized carbons (Fsp3) is 0.143. The molecule has 1 nitrogen and oxygen atoms in total. The van der Waals surface area contributed by atoms with E-state index in [0.29, 0.717) is 0 Å². The van der Waals surface area contributed by atoms with Gasteiger partial charge in [-0.1, -0.05) is 42.3 Å². The Morgan fingerprint density at radius 1 is 1.27 bits per heavy atom. The lowest BCUT2D eigenvalue weighted by Crippen LogP contribution is -2.14. The molecule has 0 amide bonds. The number of nitrogens with zero attached hydrogens (tertiary/aromatic N) is 1. The van der Waals surface area contributed by atoms with Crippen LogP contribution < -0.4 is 0 Å². The summed E-state index contributed by atoms with van der Waals surface area (Å²) in [5, 5.41) is 0. The molecule has 0 N–H and O–H groups in total. The van der Waals surface area contributed by atoms with Gasteiger partial charge in [-0.2, -0.15) is 0 Å². The van der Waals surface area contributed by atoms with Crippen molar-refractivity contribution in [3.63, 3.8) is 0 Å². The molecular formula is C14H15N. The second-order valence-electron chi connectivity index (χ2n) is 3.93. The van der Waals surface area contributed by atoms with Crippen LogP contribution in [0.1, 0.15) is 18.1 Å². The molecule has 76 valence electrons. The van der Waals surface area contributed by atoms with Crippen molar-refractivity contribution in [1.29, 1.82) is 0 Å². The summed E-state index contributed by atoms with van der Waals surface area (Å²) in [5.74, 6) is 0. The number of allylic oxidation sites excluding steroid dienone is 2. The van der Waals surface area contributed by atoms with Crippen LogP contribution in [0.3, 0.4) is 0 Å². The highest BCUT2D eigenvalue weighted by Crippen LogP contribution is 2.23. The Labute approximate surface area is 91.1 Å². The molecule has 0 aromatic heterocycles. The highest BCUT2D eigenvalue weighted by molar-refractivity contribution is 5.41. The second-order valence-corrected chi connectivity index (χ2v) is 3.93. The number of aryl methyl sites for hydroxylation is 1. The van der Waals surface area contributed by atoms with Crippen molar-refractivity contribution in [3.8, 4) is 0 Å². The normalized spacial score (nSPS) is 15.5. The smallest absolute Gasteiger partial charge is 0.147 e. The molecule has 1 aromatic rings. The molecule has 0 bridgehead atoms. The van der Waals surface area contributed by atoms with Gasteiger partial charge in [-0.3, -0.25) is 4.58 Å². The maximum atomic E-state index is 3.98. The van der Waals surface area contributed by atoms with E-state index < -0.39 is 0 Å². The van der Waals surface area contributed by atoms with Gasteiger partial charge in [-0.15, -0.1) is 6.07 Å². The van der Waals surface area contributed by atoms with E-state index in [4.69, 9.17) is 0 Å². The second kappa shape index (κ2) is 3.77. The molecule has 1 aromatic carbocycles. The standard InChI is InChI=1S/C14H15N/c1-11-5-4-6-13(9-11)14-10-12(2)7-8-15(14)3/h4-10H,3H2,1-2H3. The third-order valence-electron chi connectivity index (χ3n) is 2.51. The van der Waals surface area contributed by atoms with E-state index >= 15 is 0 Å². The zero-order valence-corrected chi connectivity index (χ0v) is 9.20. The van der Waals surface area contributed by atoms with Crippen molar-refractivity contribution in [1.82, 2.24) is 0 Å². The molecule has 1 heterocycles. The van der Waals surface area contributed by atoms with Crippen LogP contribution in [-0.2, 0) is 0 Å². The molecule has 0 saturated carbocycles. The van der Waals surface area contributed by atoms with E-state index in [1.807, 2.05) is 10.8 Å². The molecule has 0 spiro atoms. The Kier molecular flexibility index (Phi) is 2.46. The SMILES string of the molecule is C=[N+]1C=CC(C)=C[C-]1c1cccc(C)c1. The molecule has 15 heavy (non-hydrogen) atoms. The molecule has 2 rings (SSSR count). The zero-order valence-electron chi connectivity index (χ0n) is 9.20. The van der Waals surface area contributed by atoms with Crippen molar-refractivity contribution in [2.75, 3.05) is 0 Å². The van der Waals surface area contributed by atoms with E-state index in [9.17, 15) is 0 Å². The Morgan fingerprint density at radius 2 is 2.07 bits per heavy atom. The average molecular weight is 197 g/mol. The summed E-state index contributed by atoms with van der Waals surface area (Å²) in [7, 11) is 0. The summed E-state index contributed by atoms with van der Waals surface area (Å²) < 4.78 is 1.90. The lowest BCUT2D eigenvalue weighted by Gasteiger charge is -2.18. The summed E-state index contributed by atoms with van der Waals surface area (Å²) in [6.07, 6.45) is 6.21. The number of hydrogen-bond donors (Lipinski definition) is 0. The van der Waals surface area contributed by atoms with Crippen LogP contribution in [0.4, 0.5) is 0 Å². The largest absolute Gasteiger partial charge is 0.255 e. The van der Waals surface area contributed by atoms with Gasteiger partial charge in [0.25, 0.3) is 0 Å². The van der Waals surface area contributed by atoms with Crippen LogP contribution in [0, 0.1) is 13.0 Å². The predicted molar refractivity (Wildman–Crippen MR) is 63.8 cm³/mol. The quantitative estimate of drug-likeness (QED) is 0.481. The van der Waals surface area contributed by atoms with Gasteiger partial charge in [0.15, 0.2) is 0 Å². The molecule has 1 aliphatic heterocycles. The van der Waals surface area contributed by atoms with Crippen LogP contribution in [0.25, 0.3) is 0 Å². The summed E-state index contributed by atoms with van der Waals surface area (Å²) in [4.78, 5) is 0. The Balaban J connectivity index is 2.39. The predicted octanol–water partition coefficient (Wildman–Crippen LogP) is 3.06. The molecule has 0 saturated heterocycles. The molecule has 0 fully saturated rings. The van der Waals surface area contributed by atoms with Crippen LogP contribution >= 0.6 is 0 Å². The van der Waals surface area contributed by atoms with E-state index in [1.165, 1.54) is 16.7 Å². The van der Waals surface area contributed by atoms with Crippen molar-refractivity contribution in [2.24, 2.45) is 0 Å². The Bertz CT molecular complexity index is 452. The van der Waals surface area contributed by atoms with E-state index in [0.717, 1.165) is 6.04 Å². The average Bonchev–Trinajstić information content (AvgIpc) is 2.22. The third-order valence-corrected chi connectivity index (χ3v) is 2.51. The number of benzene rings is 1. The Hall–Kier alpha value is -1.76. The first-order valence-electron chi connectivity index (χ1n) is 5.07. The number of hydrogen-bond acceptors (Lipinski definition) is 0. The summed E-state index contributed by atoms with van der Waals surface area (Å²) >= 11 is 0. The van der Waals surface area contributed by atoms with Crippen LogP contribution in [0.2, 0.25) is 0 Å². The first-order valence-corrected chi connectivity index (χ1v) is 5.07. The topological polar surface area (TPSA) is 3.01 Å². The van der Waals surface area contributed by atoms with Crippen molar-refractivity contribution in [2.45, 2.75) is 13.8 Å². The lowest BCUT2D eigenvalue weighted by molar-refractivity contribution is -0.418. The van der Waals surface area contributed by atoms with Crippen LogP contribution in [-0.4, -0.2) is 11.3 Å². The highest BCUT2D eigenvalue weighted by atomic mass is 15.0. The molecule has 1 heteroatoms. The van der Waals surface area contributed by atoms with E-state index in [-0.39, 0.29) is 0 Å². The molecule has 0 unspecified atom stereocenters. The minimum absolute atomic E-state index is 1.15. The van der Waals surface area contributed by atoms with Gasteiger partial charge in [-0.05, 0) is 18.6 Å². The minimum Gasteiger partial charge on any atom is -0.255 e. The monoisotopic (exact) mass is 197 g/mol. The summed E-state index contributed by atoms with van der Waals surface area (Å²) in [6, 6.07) is 9.62. The van der Waals surface area contributed by atoms with Crippen molar-refractivity contribution < 1.29 is 4.58 Å². The lowest BCUT2D eigenvalue weighted by atomic mass is 10.00. The Morgan fingerprint density at radius 3 is 2.80 bits per heavy atom. The molecule has 1 aliphatic rings. The minimum atomic E-state index is 1.15. The van der Waals surface area contributed by atoms with E-state index in [1.54, 1.807) is 0 Å². The first-order chi connectivity index (χ1) is 7.16. The third kappa shape index (κ3) is 2.01. The molecule has 0 aliphatic carbocycles. The molecular weight excluding hydrogens is 182 g/mol. The van der Waals surface area contributed by atoms with Gasteiger partial charge in [0.05, 0.1) is 6.72 Å². The fourth-order valence-corrected chi connectivity index (χ4v) is 1.69. The fourth-order valence-electron chi connectivity index (χ4n) is 1.69. The van der Waals surface area contributed by atoms with Gasteiger partial charge >= 0.3 is 0 Å². The van der Waals surface area contributed by atoms with Crippen LogP contribution in [0.15, 0.2) is 48.2 Å². The van der Waals surface area contributed by atoms with Gasteiger partial charge < -0.3 is 0 Å². The van der Waals surface area contributed by atoms with Gasteiger partial charge in [0, 0.05) is 0 Å². The van der Waals surface area contributed by atoms with E-state index in [2.05, 4.69) is 57.0 Å². The first kappa shape index (κ1) is 9.78. The molecule has 0 atom stereocenters. The maximum absolute atomic E-state index is 3.98. The van der Waals surface area contributed by atoms with Gasteiger partial charge in [-0.25, -0.2) is 0 Å². The van der Waals surface area contributed by atoms with Gasteiger partial charge in [0.2, 0.25) is 0 Å².